The summed E-state index contributed by atoms with van der Waals surface area (Å²) in [4.78, 5) is 4.47. The molecule has 1 saturated carbocycles. The lowest BCUT2D eigenvalue weighted by molar-refractivity contribution is 0.289. The zero-order valence-corrected chi connectivity index (χ0v) is 17.3. The van der Waals surface area contributed by atoms with Crippen LogP contribution >= 0.6 is 11.6 Å². The Morgan fingerprint density at radius 3 is 2.71 bits per heavy atom. The van der Waals surface area contributed by atoms with Crippen LogP contribution < -0.4 is 10.6 Å². The van der Waals surface area contributed by atoms with Crippen LogP contribution in [-0.2, 0) is 0 Å². The highest BCUT2D eigenvalue weighted by Crippen LogP contribution is 2.26. The van der Waals surface area contributed by atoms with Gasteiger partial charge in [0.25, 0.3) is 0 Å². The van der Waals surface area contributed by atoms with Crippen molar-refractivity contribution in [3.8, 4) is 11.3 Å². The Morgan fingerprint density at radius 1 is 1.14 bits per heavy atom. The van der Waals surface area contributed by atoms with E-state index < -0.39 is 0 Å². The van der Waals surface area contributed by atoms with E-state index in [2.05, 4.69) is 29.5 Å². The number of hydrogen-bond acceptors (Lipinski definition) is 4. The Hall–Kier alpha value is -2.11. The van der Waals surface area contributed by atoms with Crippen LogP contribution in [0.5, 0.6) is 0 Å². The lowest BCUT2D eigenvalue weighted by Gasteiger charge is -2.30. The third-order valence-electron chi connectivity index (χ3n) is 5.47. The van der Waals surface area contributed by atoms with Gasteiger partial charge in [0.1, 0.15) is 5.82 Å². The molecular formula is C22H28ClN5. The highest BCUT2D eigenvalue weighted by molar-refractivity contribution is 6.30. The fraction of sp³-hybridized carbons (Fsp3) is 0.455. The number of hydrogen-bond donors (Lipinski definition) is 2. The Bertz CT molecular complexity index is 928. The lowest BCUT2D eigenvalue weighted by atomic mass is 9.85. The van der Waals surface area contributed by atoms with E-state index in [0.29, 0.717) is 23.0 Å². The summed E-state index contributed by atoms with van der Waals surface area (Å²) < 4.78 is 1.89. The molecule has 0 spiro atoms. The molecule has 0 atom stereocenters. The van der Waals surface area contributed by atoms with Crippen LogP contribution in [-0.4, -0.2) is 33.2 Å². The molecule has 3 aromatic rings. The molecule has 28 heavy (non-hydrogen) atoms. The van der Waals surface area contributed by atoms with Crippen LogP contribution in [0.4, 0.5) is 5.82 Å². The first-order valence-electron chi connectivity index (χ1n) is 10.2. The minimum absolute atomic E-state index is 0.569. The van der Waals surface area contributed by atoms with Gasteiger partial charge in [-0.2, -0.15) is 0 Å². The van der Waals surface area contributed by atoms with Crippen molar-refractivity contribution in [3.05, 3.63) is 47.6 Å². The SMILES string of the molecule is CC(C)NC1CCC(CNc2ccc3ncc(-c4cccc(Cl)c4)n3n2)CC1. The Labute approximate surface area is 171 Å². The molecule has 2 heterocycles. The molecule has 5 nitrogen and oxygen atoms in total. The van der Waals surface area contributed by atoms with Gasteiger partial charge in [-0.15, -0.1) is 5.10 Å². The van der Waals surface area contributed by atoms with Crippen molar-refractivity contribution in [1.29, 1.82) is 0 Å². The molecule has 0 aliphatic heterocycles. The average Bonchev–Trinajstić information content (AvgIpc) is 3.10. The summed E-state index contributed by atoms with van der Waals surface area (Å²) in [6.07, 6.45) is 6.90. The highest BCUT2D eigenvalue weighted by Gasteiger charge is 2.21. The Morgan fingerprint density at radius 2 is 1.96 bits per heavy atom. The molecule has 1 aliphatic rings. The van der Waals surface area contributed by atoms with Gasteiger partial charge < -0.3 is 10.6 Å². The molecule has 0 saturated heterocycles. The van der Waals surface area contributed by atoms with E-state index in [4.69, 9.17) is 16.7 Å². The zero-order valence-electron chi connectivity index (χ0n) is 16.5. The number of imidazole rings is 1. The van der Waals surface area contributed by atoms with E-state index in [0.717, 1.165) is 29.3 Å². The summed E-state index contributed by atoms with van der Waals surface area (Å²) in [5.41, 5.74) is 2.79. The number of nitrogens with zero attached hydrogens (tertiary/aromatic N) is 3. The largest absolute Gasteiger partial charge is 0.368 e. The number of nitrogens with one attached hydrogen (secondary N) is 2. The van der Waals surface area contributed by atoms with Gasteiger partial charge in [-0.1, -0.05) is 37.6 Å². The topological polar surface area (TPSA) is 54.2 Å². The van der Waals surface area contributed by atoms with Crippen molar-refractivity contribution in [3.63, 3.8) is 0 Å². The number of halogens is 1. The van der Waals surface area contributed by atoms with Crippen molar-refractivity contribution >= 4 is 23.1 Å². The summed E-state index contributed by atoms with van der Waals surface area (Å²) in [5, 5.41) is 12.7. The number of fused-ring (bicyclic) bond motifs is 1. The van der Waals surface area contributed by atoms with E-state index in [1.807, 2.05) is 47.1 Å². The lowest BCUT2D eigenvalue weighted by Crippen LogP contribution is -2.38. The van der Waals surface area contributed by atoms with Gasteiger partial charge in [0, 0.05) is 29.2 Å². The molecule has 0 unspecified atom stereocenters. The first-order valence-corrected chi connectivity index (χ1v) is 10.6. The second-order valence-corrected chi connectivity index (χ2v) is 8.50. The van der Waals surface area contributed by atoms with Crippen molar-refractivity contribution in [2.45, 2.75) is 51.6 Å². The fourth-order valence-electron chi connectivity index (χ4n) is 4.07. The monoisotopic (exact) mass is 397 g/mol. The molecule has 2 aromatic heterocycles. The molecule has 2 N–H and O–H groups in total. The van der Waals surface area contributed by atoms with Crippen molar-refractivity contribution < 1.29 is 0 Å². The van der Waals surface area contributed by atoms with Crippen LogP contribution in [0.15, 0.2) is 42.6 Å². The third kappa shape index (κ3) is 4.47. The summed E-state index contributed by atoms with van der Waals surface area (Å²) in [6, 6.07) is 13.1. The predicted octanol–water partition coefficient (Wildman–Crippen LogP) is 5.02. The maximum atomic E-state index is 6.15. The summed E-state index contributed by atoms with van der Waals surface area (Å²) in [5.74, 6) is 1.59. The molecule has 6 heteroatoms. The molecule has 0 bridgehead atoms. The van der Waals surface area contributed by atoms with Gasteiger partial charge >= 0.3 is 0 Å². The minimum Gasteiger partial charge on any atom is -0.368 e. The van der Waals surface area contributed by atoms with Crippen LogP contribution in [0.25, 0.3) is 16.9 Å². The van der Waals surface area contributed by atoms with Gasteiger partial charge in [-0.3, -0.25) is 0 Å². The number of aromatic nitrogens is 3. The number of benzene rings is 1. The molecule has 0 radical (unpaired) electrons. The normalized spacial score (nSPS) is 20.0. The van der Waals surface area contributed by atoms with E-state index in [1.54, 1.807) is 0 Å². The fourth-order valence-corrected chi connectivity index (χ4v) is 4.26. The molecule has 1 aromatic carbocycles. The van der Waals surface area contributed by atoms with Gasteiger partial charge in [-0.05, 0) is 55.9 Å². The second kappa shape index (κ2) is 8.50. The quantitative estimate of drug-likeness (QED) is 0.613. The van der Waals surface area contributed by atoms with E-state index in [-0.39, 0.29) is 0 Å². The molecule has 0 amide bonds. The third-order valence-corrected chi connectivity index (χ3v) is 5.71. The summed E-state index contributed by atoms with van der Waals surface area (Å²) in [7, 11) is 0. The van der Waals surface area contributed by atoms with Gasteiger partial charge in [0.05, 0.1) is 11.9 Å². The van der Waals surface area contributed by atoms with Crippen LogP contribution in [0.2, 0.25) is 5.02 Å². The van der Waals surface area contributed by atoms with E-state index in [9.17, 15) is 0 Å². The standard InChI is InChI=1S/C22H28ClN5/c1-15(2)26-19-8-6-16(7-9-19)13-24-21-10-11-22-25-14-20(28(22)27-21)17-4-3-5-18(23)12-17/h3-5,10-12,14-16,19,26H,6-9,13H2,1-2H3,(H,24,27). The molecular weight excluding hydrogens is 370 g/mol. The smallest absolute Gasteiger partial charge is 0.154 e. The molecule has 1 fully saturated rings. The van der Waals surface area contributed by atoms with Crippen LogP contribution in [0.1, 0.15) is 39.5 Å². The maximum Gasteiger partial charge on any atom is 0.154 e. The first kappa shape index (κ1) is 19.2. The first-order chi connectivity index (χ1) is 13.6. The number of anilines is 1. The van der Waals surface area contributed by atoms with Crippen molar-refractivity contribution in [2.75, 3.05) is 11.9 Å². The predicted molar refractivity (Wildman–Crippen MR) is 116 cm³/mol. The van der Waals surface area contributed by atoms with Gasteiger partial charge in [0.15, 0.2) is 5.65 Å². The average molecular weight is 398 g/mol. The Balaban J connectivity index is 1.42. The van der Waals surface area contributed by atoms with E-state index in [1.165, 1.54) is 25.7 Å². The number of rotatable bonds is 6. The van der Waals surface area contributed by atoms with Gasteiger partial charge in [0.2, 0.25) is 0 Å². The zero-order chi connectivity index (χ0) is 19.5. The second-order valence-electron chi connectivity index (χ2n) is 8.06. The van der Waals surface area contributed by atoms with Crippen molar-refractivity contribution in [2.24, 2.45) is 5.92 Å². The van der Waals surface area contributed by atoms with Crippen molar-refractivity contribution in [1.82, 2.24) is 19.9 Å². The van der Waals surface area contributed by atoms with Crippen LogP contribution in [0.3, 0.4) is 0 Å². The Kier molecular flexibility index (Phi) is 5.83. The minimum atomic E-state index is 0.569. The van der Waals surface area contributed by atoms with E-state index >= 15 is 0 Å². The molecule has 4 rings (SSSR count). The van der Waals surface area contributed by atoms with Gasteiger partial charge in [-0.25, -0.2) is 9.50 Å². The maximum absolute atomic E-state index is 6.15. The highest BCUT2D eigenvalue weighted by atomic mass is 35.5. The summed E-state index contributed by atoms with van der Waals surface area (Å²) in [6.45, 7) is 5.42. The molecule has 148 valence electrons. The molecule has 1 aliphatic carbocycles. The van der Waals surface area contributed by atoms with Crippen LogP contribution in [0, 0.1) is 5.92 Å². The summed E-state index contributed by atoms with van der Waals surface area (Å²) >= 11 is 6.15.